The zero-order chi connectivity index (χ0) is 48.9. The second kappa shape index (κ2) is 21.5. The van der Waals surface area contributed by atoms with Crippen LogP contribution in [0.15, 0.2) is 60.7 Å². The zero-order valence-electron chi connectivity index (χ0n) is 37.4. The number of aromatic carboxylic acids is 1. The maximum absolute atomic E-state index is 15.1. The number of amides is 4. The van der Waals surface area contributed by atoms with Crippen molar-refractivity contribution in [1.29, 1.82) is 0 Å². The summed E-state index contributed by atoms with van der Waals surface area (Å²) in [6.07, 6.45) is 2.85. The molecular formula is C47H51ClFN7O10S2. The summed E-state index contributed by atoms with van der Waals surface area (Å²) in [5.74, 6) is -4.70. The van der Waals surface area contributed by atoms with Crippen LogP contribution in [-0.4, -0.2) is 124 Å². The number of thiophene rings is 1. The highest BCUT2D eigenvalue weighted by Crippen LogP contribution is 2.46. The van der Waals surface area contributed by atoms with Crippen LogP contribution in [0, 0.1) is 11.7 Å². The van der Waals surface area contributed by atoms with Crippen molar-refractivity contribution in [3.8, 4) is 16.2 Å². The number of ether oxygens (including phenoxy) is 1. The van der Waals surface area contributed by atoms with E-state index in [0.717, 1.165) is 42.0 Å². The van der Waals surface area contributed by atoms with Gasteiger partial charge in [0.05, 0.1) is 29.1 Å². The van der Waals surface area contributed by atoms with Gasteiger partial charge < -0.3 is 35.8 Å². The van der Waals surface area contributed by atoms with E-state index in [-0.39, 0.29) is 77.3 Å². The topological polar surface area (TPSA) is 227 Å². The number of carbonyl (C=O) groups excluding carboxylic acids is 5. The molecule has 17 nitrogen and oxygen atoms in total. The van der Waals surface area contributed by atoms with Crippen LogP contribution in [0.4, 0.5) is 21.5 Å². The van der Waals surface area contributed by atoms with E-state index in [1.807, 2.05) is 18.2 Å². The molecule has 3 aromatic carbocycles. The van der Waals surface area contributed by atoms with Gasteiger partial charge in [0, 0.05) is 66.9 Å². The highest BCUT2D eigenvalue weighted by Gasteiger charge is 2.38. The summed E-state index contributed by atoms with van der Waals surface area (Å²) in [6.45, 7) is 4.70. The third kappa shape index (κ3) is 11.8. The fourth-order valence-corrected chi connectivity index (χ4v) is 11.1. The molecule has 1 aromatic heterocycles. The number of hydrogen-bond acceptors (Lipinski definition) is 14. The first-order valence-corrected chi connectivity index (χ1v) is 23.9. The Morgan fingerprint density at radius 3 is 2.53 bits per heavy atom. The van der Waals surface area contributed by atoms with Crippen LogP contribution in [0.3, 0.4) is 0 Å². The van der Waals surface area contributed by atoms with Crippen molar-refractivity contribution in [1.82, 2.24) is 19.4 Å². The number of nitrogens with one attached hydrogen (secondary N) is 4. The molecule has 4 aromatic rings. The average molecular weight is 993 g/mol. The first-order valence-electron chi connectivity index (χ1n) is 21.8. The van der Waals surface area contributed by atoms with Crippen LogP contribution in [0.2, 0.25) is 5.02 Å². The minimum atomic E-state index is -1.27. The molecule has 3 aliphatic heterocycles. The van der Waals surface area contributed by atoms with Crippen molar-refractivity contribution in [3.05, 3.63) is 93.1 Å². The number of halogens is 2. The molecule has 0 saturated carbocycles. The molecule has 0 bridgehead atoms. The highest BCUT2D eigenvalue weighted by molar-refractivity contribution is 7.96. The summed E-state index contributed by atoms with van der Waals surface area (Å²) in [4.78, 5) is 89.0. The van der Waals surface area contributed by atoms with Crippen LogP contribution in [0.1, 0.15) is 70.7 Å². The minimum Gasteiger partial charge on any atom is -0.479 e. The van der Waals surface area contributed by atoms with Gasteiger partial charge in [0.25, 0.3) is 0 Å². The van der Waals surface area contributed by atoms with E-state index in [0.29, 0.717) is 45.7 Å². The summed E-state index contributed by atoms with van der Waals surface area (Å²) < 4.78 is 22.6. The van der Waals surface area contributed by atoms with E-state index in [2.05, 4.69) is 39.4 Å². The van der Waals surface area contributed by atoms with E-state index in [1.165, 1.54) is 11.0 Å². The van der Waals surface area contributed by atoms with E-state index in [9.17, 15) is 38.7 Å². The van der Waals surface area contributed by atoms with Crippen molar-refractivity contribution in [2.24, 2.45) is 5.92 Å². The summed E-state index contributed by atoms with van der Waals surface area (Å²) in [5.41, 5.74) is 3.61. The number of imide groups is 1. The zero-order valence-corrected chi connectivity index (χ0v) is 39.8. The lowest BCUT2D eigenvalue weighted by Gasteiger charge is -2.45. The molecule has 21 heteroatoms. The lowest BCUT2D eigenvalue weighted by molar-refractivity contribution is -0.140. The Labute approximate surface area is 404 Å². The molecule has 7 rings (SSSR count). The van der Waals surface area contributed by atoms with Gasteiger partial charge >= 0.3 is 11.9 Å². The number of benzene rings is 3. The number of anilines is 3. The van der Waals surface area contributed by atoms with Gasteiger partial charge in [-0.05, 0) is 87.2 Å². The van der Waals surface area contributed by atoms with Gasteiger partial charge in [0.1, 0.15) is 17.1 Å². The Hall–Kier alpha value is -6.06. The average Bonchev–Trinajstić information content (AvgIpc) is 3.61. The van der Waals surface area contributed by atoms with Crippen molar-refractivity contribution >= 4 is 93.8 Å². The summed E-state index contributed by atoms with van der Waals surface area (Å²) in [5, 5.41) is 30.6. The summed E-state index contributed by atoms with van der Waals surface area (Å²) in [6, 6.07) is 16.7. The predicted octanol–water partition coefficient (Wildman–Crippen LogP) is 6.43. The predicted molar refractivity (Wildman–Crippen MR) is 257 cm³/mol. The number of aliphatic carboxylic acids is 1. The molecule has 360 valence electrons. The minimum absolute atomic E-state index is 0.0319. The maximum Gasteiger partial charge on any atom is 0.349 e. The van der Waals surface area contributed by atoms with Crippen LogP contribution >= 0.6 is 34.9 Å². The number of aldehydes is 1. The monoisotopic (exact) mass is 991 g/mol. The maximum atomic E-state index is 15.1. The summed E-state index contributed by atoms with van der Waals surface area (Å²) >= 11 is 9.06. The number of carboxylic acid groups (broad SMARTS) is 2. The number of likely N-dealkylation sites (N-methyl/N-ethyl adjacent to an activating group) is 1. The molecule has 0 aliphatic carbocycles. The van der Waals surface area contributed by atoms with Crippen LogP contribution in [0.5, 0.6) is 5.75 Å². The molecule has 4 amide bonds. The van der Waals surface area contributed by atoms with E-state index >= 15 is 4.39 Å². The van der Waals surface area contributed by atoms with E-state index in [4.69, 9.17) is 21.4 Å². The lowest BCUT2D eigenvalue weighted by atomic mass is 9.89. The molecule has 0 radical (unpaired) electrons. The Morgan fingerprint density at radius 2 is 1.82 bits per heavy atom. The standard InChI is InChI=1S/C47H51ClFN7O10S2/c1-47(2)18-31(51-30-8-4-6-27(17-30)42-40(48)41(66-24-39(60)61)43(68-42)46(64)65)14-15-56(47)67-25-26-10-11-33(49)35(16-26)52-44(62)29-20-55(21-29)38(59)19-50-34-9-5-7-28(23-57)32(34)22-54(3)36-12-13-37(58)53-45(36)63/h4-11,16-17,23,29,31,36,50-51H,12-15,18-22,24-25H2,1-3H3,(H,52,62)(H,60,61)(H,64,65)(H,53,58,63). The van der Waals surface area contributed by atoms with Crippen LogP contribution < -0.4 is 26.0 Å². The number of piperidine rings is 2. The van der Waals surface area contributed by atoms with Crippen molar-refractivity contribution in [2.75, 3.05) is 55.8 Å². The SMILES string of the molecule is CN(Cc1c(C=O)cccc1NCC(=O)N1CC(C(=O)Nc2cc(CSN3CCC(Nc4cccc(-c5sc(C(=O)O)c(OCC(=O)O)c5Cl)c4)CC3(C)C)ccc2F)C1)C1CCC(=O)NC1=O. The normalized spacial score (nSPS) is 18.4. The molecule has 6 N–H and O–H groups in total. The van der Waals surface area contributed by atoms with Gasteiger partial charge in [0.2, 0.25) is 23.6 Å². The van der Waals surface area contributed by atoms with Gasteiger partial charge in [-0.2, -0.15) is 0 Å². The van der Waals surface area contributed by atoms with Gasteiger partial charge in [0.15, 0.2) is 17.2 Å². The number of likely N-dealkylation sites (tertiary alicyclic amines) is 1. The molecule has 68 heavy (non-hydrogen) atoms. The van der Waals surface area contributed by atoms with E-state index in [1.54, 1.807) is 60.3 Å². The molecule has 2 atom stereocenters. The van der Waals surface area contributed by atoms with Gasteiger partial charge in [-0.25, -0.2) is 18.3 Å². The first kappa shape index (κ1) is 49.8. The largest absolute Gasteiger partial charge is 0.479 e. The molecule has 2 unspecified atom stereocenters. The Balaban J connectivity index is 0.879. The lowest BCUT2D eigenvalue weighted by Crippen LogP contribution is -2.55. The van der Waals surface area contributed by atoms with Gasteiger partial charge in [-0.3, -0.25) is 34.2 Å². The van der Waals surface area contributed by atoms with Crippen LogP contribution in [0.25, 0.3) is 10.4 Å². The second-order valence-electron chi connectivity index (χ2n) is 17.5. The van der Waals surface area contributed by atoms with E-state index < -0.39 is 48.1 Å². The second-order valence-corrected chi connectivity index (χ2v) is 19.9. The fraction of sp³-hybridized carbons (Fsp3) is 0.383. The fourth-order valence-electron chi connectivity index (χ4n) is 8.51. The number of nitrogens with zero attached hydrogens (tertiary/aromatic N) is 3. The van der Waals surface area contributed by atoms with Gasteiger partial charge in [-0.1, -0.05) is 53.9 Å². The number of carbonyl (C=O) groups is 7. The van der Waals surface area contributed by atoms with Crippen molar-refractivity contribution < 1.29 is 52.9 Å². The molecule has 3 aliphatic rings. The molecule has 4 heterocycles. The Kier molecular flexibility index (Phi) is 15.7. The molecule has 3 saturated heterocycles. The van der Waals surface area contributed by atoms with Crippen molar-refractivity contribution in [3.63, 3.8) is 0 Å². The van der Waals surface area contributed by atoms with Crippen LogP contribution in [-0.2, 0) is 36.3 Å². The number of carboxylic acids is 2. The quantitative estimate of drug-likeness (QED) is 0.0338. The smallest absolute Gasteiger partial charge is 0.349 e. The third-order valence-electron chi connectivity index (χ3n) is 12.1. The molecule has 3 fully saturated rings. The molecular weight excluding hydrogens is 941 g/mol. The summed E-state index contributed by atoms with van der Waals surface area (Å²) in [7, 11) is 1.73. The molecule has 0 spiro atoms. The highest BCUT2D eigenvalue weighted by atomic mass is 35.5. The Morgan fingerprint density at radius 1 is 1.06 bits per heavy atom. The first-order chi connectivity index (χ1) is 32.4. The number of hydrogen-bond donors (Lipinski definition) is 6. The number of rotatable bonds is 19. The third-order valence-corrected chi connectivity index (χ3v) is 15.3. The van der Waals surface area contributed by atoms with Gasteiger partial charge in [-0.15, -0.1) is 11.3 Å². The Bertz CT molecular complexity index is 2630. The van der Waals surface area contributed by atoms with Crippen molar-refractivity contribution in [2.45, 2.75) is 69.5 Å².